The van der Waals surface area contributed by atoms with Gasteiger partial charge in [0.1, 0.15) is 0 Å². The Balaban J connectivity index is 1.36. The van der Waals surface area contributed by atoms with Gasteiger partial charge in [0.2, 0.25) is 17.6 Å². The molecule has 2 N–H and O–H groups in total. The van der Waals surface area contributed by atoms with E-state index < -0.39 is 0 Å². The van der Waals surface area contributed by atoms with Crippen LogP contribution < -0.4 is 10.2 Å². The van der Waals surface area contributed by atoms with E-state index >= 15 is 0 Å². The second-order valence-corrected chi connectivity index (χ2v) is 8.78. The second kappa shape index (κ2) is 8.35. The van der Waals surface area contributed by atoms with Crippen LogP contribution in [0.25, 0.3) is 11.4 Å². The molecule has 1 aliphatic carbocycles. The molecule has 9 heteroatoms. The molecule has 1 aliphatic heterocycles. The summed E-state index contributed by atoms with van der Waals surface area (Å²) in [5.74, 6) is 0.630. The first-order chi connectivity index (χ1) is 15.5. The number of hydrogen-bond acceptors (Lipinski definition) is 5. The molecule has 0 spiro atoms. The van der Waals surface area contributed by atoms with E-state index in [1.54, 1.807) is 4.90 Å². The van der Waals surface area contributed by atoms with Crippen molar-refractivity contribution in [3.05, 3.63) is 53.1 Å². The summed E-state index contributed by atoms with van der Waals surface area (Å²) in [6, 6.07) is 13.1. The number of carbonyl (C=O) groups excluding carboxylic acids is 2. The molecule has 1 saturated heterocycles. The molecule has 2 unspecified atom stereocenters. The Labute approximate surface area is 190 Å². The largest absolute Gasteiger partial charge is 0.326 e. The van der Waals surface area contributed by atoms with E-state index in [1.807, 2.05) is 49.4 Å². The standard InChI is InChI=1S/C23H23ClN6O2/c1-2-13-9-10-30(23(13)32)20-8-7-16(11-19(20)21-26-28-29-27-21)25-22(31)18-12-17(18)14-3-5-15(24)6-4-14/h3-8,11,13,17-18H,2,9-10,12H2,1H3,(H,25,31)(H,26,27,28,29)/t13-,17?,18?/m1/s1. The Hall–Kier alpha value is -3.26. The van der Waals surface area contributed by atoms with Crippen molar-refractivity contribution in [2.75, 3.05) is 16.8 Å². The van der Waals surface area contributed by atoms with Crippen LogP contribution in [-0.2, 0) is 9.59 Å². The van der Waals surface area contributed by atoms with Crippen LogP contribution in [0.2, 0.25) is 5.02 Å². The number of nitrogens with zero attached hydrogens (tertiary/aromatic N) is 4. The van der Waals surface area contributed by atoms with Crippen molar-refractivity contribution in [3.8, 4) is 11.4 Å². The van der Waals surface area contributed by atoms with Crippen molar-refractivity contribution in [3.63, 3.8) is 0 Å². The van der Waals surface area contributed by atoms with Crippen LogP contribution in [0, 0.1) is 11.8 Å². The van der Waals surface area contributed by atoms with Gasteiger partial charge in [-0.15, -0.1) is 10.2 Å². The summed E-state index contributed by atoms with van der Waals surface area (Å²) in [4.78, 5) is 27.4. The maximum atomic E-state index is 12.8. The van der Waals surface area contributed by atoms with Crippen molar-refractivity contribution in [1.82, 2.24) is 20.6 Å². The normalized spacial score (nSPS) is 22.2. The zero-order valence-corrected chi connectivity index (χ0v) is 18.3. The fraction of sp³-hybridized carbons (Fsp3) is 0.348. The summed E-state index contributed by atoms with van der Waals surface area (Å²) < 4.78 is 0. The average Bonchev–Trinajstić information content (AvgIpc) is 3.23. The molecule has 1 saturated carbocycles. The molecule has 1 aromatic heterocycles. The monoisotopic (exact) mass is 450 g/mol. The highest BCUT2D eigenvalue weighted by atomic mass is 35.5. The van der Waals surface area contributed by atoms with E-state index in [1.165, 1.54) is 0 Å². The smallest absolute Gasteiger partial charge is 0.230 e. The zero-order valence-electron chi connectivity index (χ0n) is 17.6. The van der Waals surface area contributed by atoms with E-state index in [-0.39, 0.29) is 29.6 Å². The average molecular weight is 451 g/mol. The summed E-state index contributed by atoms with van der Waals surface area (Å²) in [7, 11) is 0. The number of hydrogen-bond donors (Lipinski definition) is 2. The molecular weight excluding hydrogens is 428 g/mol. The Morgan fingerprint density at radius 2 is 2.06 bits per heavy atom. The number of rotatable bonds is 6. The third-order valence-corrected chi connectivity index (χ3v) is 6.63. The van der Waals surface area contributed by atoms with Gasteiger partial charge >= 0.3 is 0 Å². The highest BCUT2D eigenvalue weighted by Gasteiger charge is 2.44. The number of aromatic amines is 1. The highest BCUT2D eigenvalue weighted by molar-refractivity contribution is 6.30. The van der Waals surface area contributed by atoms with Gasteiger partial charge in [-0.3, -0.25) is 9.59 Å². The van der Waals surface area contributed by atoms with Crippen molar-refractivity contribution in [1.29, 1.82) is 0 Å². The third-order valence-electron chi connectivity index (χ3n) is 6.38. The Kier molecular flexibility index (Phi) is 5.38. The van der Waals surface area contributed by atoms with Gasteiger partial charge in [0.25, 0.3) is 0 Å². The molecule has 3 aromatic rings. The highest BCUT2D eigenvalue weighted by Crippen LogP contribution is 2.48. The minimum Gasteiger partial charge on any atom is -0.326 e. The van der Waals surface area contributed by atoms with E-state index in [2.05, 4.69) is 25.9 Å². The Morgan fingerprint density at radius 3 is 2.75 bits per heavy atom. The molecule has 0 bridgehead atoms. The van der Waals surface area contributed by atoms with E-state index in [4.69, 9.17) is 11.6 Å². The van der Waals surface area contributed by atoms with Crippen molar-refractivity contribution in [2.45, 2.75) is 32.1 Å². The molecule has 2 fully saturated rings. The lowest BCUT2D eigenvalue weighted by Crippen LogP contribution is -2.27. The lowest BCUT2D eigenvalue weighted by atomic mass is 10.1. The molecular formula is C23H23ClN6O2. The van der Waals surface area contributed by atoms with Gasteiger partial charge in [-0.2, -0.15) is 5.21 Å². The minimum absolute atomic E-state index is 0.0277. The van der Waals surface area contributed by atoms with Gasteiger partial charge in [0, 0.05) is 34.7 Å². The van der Waals surface area contributed by atoms with Crippen LogP contribution >= 0.6 is 11.6 Å². The van der Waals surface area contributed by atoms with Gasteiger partial charge in [0.15, 0.2) is 0 Å². The van der Waals surface area contributed by atoms with Crippen molar-refractivity contribution >= 4 is 34.8 Å². The maximum absolute atomic E-state index is 12.8. The molecule has 2 aromatic carbocycles. The van der Waals surface area contributed by atoms with Crippen LogP contribution in [0.15, 0.2) is 42.5 Å². The molecule has 2 amide bonds. The number of benzene rings is 2. The van der Waals surface area contributed by atoms with Crippen LogP contribution in [0.5, 0.6) is 0 Å². The number of amides is 2. The Bertz CT molecular complexity index is 1150. The number of tetrazole rings is 1. The molecule has 3 atom stereocenters. The number of anilines is 2. The lowest BCUT2D eigenvalue weighted by Gasteiger charge is -2.20. The van der Waals surface area contributed by atoms with Crippen LogP contribution in [-0.4, -0.2) is 39.0 Å². The molecule has 5 rings (SSSR count). The Morgan fingerprint density at radius 1 is 1.25 bits per heavy atom. The van der Waals surface area contributed by atoms with E-state index in [0.717, 1.165) is 30.5 Å². The van der Waals surface area contributed by atoms with Crippen molar-refractivity contribution in [2.24, 2.45) is 11.8 Å². The van der Waals surface area contributed by atoms with Gasteiger partial charge in [-0.05, 0) is 66.3 Å². The molecule has 2 heterocycles. The first kappa shape index (κ1) is 20.6. The van der Waals surface area contributed by atoms with Crippen LogP contribution in [0.3, 0.4) is 0 Å². The number of nitrogens with one attached hydrogen (secondary N) is 2. The predicted octanol–water partition coefficient (Wildman–Crippen LogP) is 4.03. The van der Waals surface area contributed by atoms with Crippen LogP contribution in [0.4, 0.5) is 11.4 Å². The van der Waals surface area contributed by atoms with Gasteiger partial charge in [-0.25, -0.2) is 0 Å². The summed E-state index contributed by atoms with van der Waals surface area (Å²) in [5, 5.41) is 18.0. The summed E-state index contributed by atoms with van der Waals surface area (Å²) in [6.45, 7) is 2.68. The molecule has 2 aliphatic rings. The lowest BCUT2D eigenvalue weighted by molar-refractivity contribution is -0.120. The minimum atomic E-state index is -0.0741. The van der Waals surface area contributed by atoms with Gasteiger partial charge in [-0.1, -0.05) is 30.7 Å². The SMILES string of the molecule is CC[C@@H]1CCN(c2ccc(NC(=O)C3CC3c3ccc(Cl)cc3)cc2-c2nn[nH]n2)C1=O. The zero-order chi connectivity index (χ0) is 22.2. The van der Waals surface area contributed by atoms with E-state index in [0.29, 0.717) is 28.6 Å². The third kappa shape index (κ3) is 3.86. The fourth-order valence-corrected chi connectivity index (χ4v) is 4.59. The molecule has 0 radical (unpaired) electrons. The first-order valence-electron chi connectivity index (χ1n) is 10.8. The predicted molar refractivity (Wildman–Crippen MR) is 121 cm³/mol. The quantitative estimate of drug-likeness (QED) is 0.590. The summed E-state index contributed by atoms with van der Waals surface area (Å²) in [5.41, 5.74) is 3.15. The van der Waals surface area contributed by atoms with Gasteiger partial charge < -0.3 is 10.2 Å². The van der Waals surface area contributed by atoms with Gasteiger partial charge in [0.05, 0.1) is 5.69 Å². The fourth-order valence-electron chi connectivity index (χ4n) is 4.46. The first-order valence-corrected chi connectivity index (χ1v) is 11.2. The summed E-state index contributed by atoms with van der Waals surface area (Å²) in [6.07, 6.45) is 2.45. The number of aromatic nitrogens is 4. The topological polar surface area (TPSA) is 104 Å². The second-order valence-electron chi connectivity index (χ2n) is 8.34. The summed E-state index contributed by atoms with van der Waals surface area (Å²) >= 11 is 5.96. The molecule has 164 valence electrons. The maximum Gasteiger partial charge on any atom is 0.230 e. The van der Waals surface area contributed by atoms with Crippen molar-refractivity contribution < 1.29 is 9.59 Å². The number of H-pyrrole nitrogens is 1. The number of halogens is 1. The molecule has 32 heavy (non-hydrogen) atoms. The molecule has 8 nitrogen and oxygen atoms in total. The number of carbonyl (C=O) groups is 2. The van der Waals surface area contributed by atoms with E-state index in [9.17, 15) is 9.59 Å². The van der Waals surface area contributed by atoms with Crippen LogP contribution in [0.1, 0.15) is 37.7 Å².